The lowest BCUT2D eigenvalue weighted by molar-refractivity contribution is -0.142. The first-order chi connectivity index (χ1) is 9.58. The van der Waals surface area contributed by atoms with Crippen molar-refractivity contribution in [3.63, 3.8) is 0 Å². The van der Waals surface area contributed by atoms with Crippen LogP contribution in [0.5, 0.6) is 11.5 Å². The summed E-state index contributed by atoms with van der Waals surface area (Å²) in [6, 6.07) is 3.00. The number of nitrogens with one attached hydrogen (secondary N) is 1. The molecule has 1 amide bonds. The molecule has 1 aromatic rings. The Morgan fingerprint density at radius 1 is 1.40 bits per heavy atom. The number of hydrogen-bond acceptors (Lipinski definition) is 5. The van der Waals surface area contributed by atoms with Crippen LogP contribution in [0.15, 0.2) is 12.1 Å². The number of amides is 1. The Morgan fingerprint density at radius 2 is 2.20 bits per heavy atom. The lowest BCUT2D eigenvalue weighted by Gasteiger charge is -2.07. The van der Waals surface area contributed by atoms with Gasteiger partial charge in [-0.3, -0.25) is 4.79 Å². The highest BCUT2D eigenvalue weighted by molar-refractivity contribution is 6.32. The molecule has 2 N–H and O–H groups in total. The van der Waals surface area contributed by atoms with E-state index in [2.05, 4.69) is 5.32 Å². The standard InChI is InChI=1S/C12H12ClNO6/c13-8-3-7(4-9-11(8)20-6-19-9)12(17)14-1-2-18-5-10(15)16/h3-4H,1-2,5-6H2,(H,14,17)(H,15,16). The van der Waals surface area contributed by atoms with E-state index in [-0.39, 0.29) is 25.9 Å². The van der Waals surface area contributed by atoms with Gasteiger partial charge in [0.05, 0.1) is 11.6 Å². The van der Waals surface area contributed by atoms with Gasteiger partial charge < -0.3 is 24.6 Å². The van der Waals surface area contributed by atoms with Crippen molar-refractivity contribution in [2.24, 2.45) is 0 Å². The van der Waals surface area contributed by atoms with Gasteiger partial charge in [0, 0.05) is 12.1 Å². The van der Waals surface area contributed by atoms with E-state index in [1.54, 1.807) is 0 Å². The number of hydrogen-bond donors (Lipinski definition) is 2. The second-order valence-electron chi connectivity index (χ2n) is 3.89. The van der Waals surface area contributed by atoms with Gasteiger partial charge in [0.25, 0.3) is 5.91 Å². The van der Waals surface area contributed by atoms with Crippen LogP contribution in [0.25, 0.3) is 0 Å². The van der Waals surface area contributed by atoms with Gasteiger partial charge in [0.1, 0.15) is 6.61 Å². The summed E-state index contributed by atoms with van der Waals surface area (Å²) < 4.78 is 15.1. The number of ether oxygens (including phenoxy) is 3. The summed E-state index contributed by atoms with van der Waals surface area (Å²) in [5.74, 6) is -0.569. The quantitative estimate of drug-likeness (QED) is 0.758. The molecule has 20 heavy (non-hydrogen) atoms. The van der Waals surface area contributed by atoms with Gasteiger partial charge in [-0.05, 0) is 12.1 Å². The summed E-state index contributed by atoms with van der Waals surface area (Å²) in [5.41, 5.74) is 0.331. The van der Waals surface area contributed by atoms with Gasteiger partial charge in [-0.2, -0.15) is 0 Å². The molecule has 8 heteroatoms. The zero-order valence-corrected chi connectivity index (χ0v) is 11.1. The normalized spacial score (nSPS) is 12.2. The number of carbonyl (C=O) groups excluding carboxylic acids is 1. The van der Waals surface area contributed by atoms with Crippen molar-refractivity contribution in [3.8, 4) is 11.5 Å². The van der Waals surface area contributed by atoms with Crippen LogP contribution in [0.2, 0.25) is 5.02 Å². The molecule has 0 spiro atoms. The summed E-state index contributed by atoms with van der Waals surface area (Å²) in [7, 11) is 0. The first-order valence-corrected chi connectivity index (χ1v) is 6.12. The van der Waals surface area contributed by atoms with Crippen molar-refractivity contribution in [1.82, 2.24) is 5.32 Å². The maximum absolute atomic E-state index is 11.9. The Bertz CT molecular complexity index is 533. The predicted octanol–water partition coefficient (Wildman–Crippen LogP) is 0.900. The lowest BCUT2D eigenvalue weighted by Crippen LogP contribution is -2.27. The van der Waals surface area contributed by atoms with Gasteiger partial charge >= 0.3 is 5.97 Å². The molecule has 0 atom stereocenters. The molecule has 1 heterocycles. The van der Waals surface area contributed by atoms with E-state index < -0.39 is 12.6 Å². The monoisotopic (exact) mass is 301 g/mol. The van der Waals surface area contributed by atoms with Crippen LogP contribution in [0.3, 0.4) is 0 Å². The third-order valence-corrected chi connectivity index (χ3v) is 2.73. The molecular weight excluding hydrogens is 290 g/mol. The van der Waals surface area contributed by atoms with E-state index in [0.29, 0.717) is 22.1 Å². The Labute approximate surface area is 119 Å². The molecule has 0 saturated carbocycles. The summed E-state index contributed by atoms with van der Waals surface area (Å²) in [6.45, 7) is -0.0244. The second kappa shape index (κ2) is 6.44. The number of carboxylic acid groups (broad SMARTS) is 1. The molecule has 0 aromatic heterocycles. The number of rotatable bonds is 6. The molecule has 0 radical (unpaired) electrons. The van der Waals surface area contributed by atoms with E-state index in [4.69, 9.17) is 30.9 Å². The fourth-order valence-corrected chi connectivity index (χ4v) is 1.86. The van der Waals surface area contributed by atoms with E-state index in [9.17, 15) is 9.59 Å². The van der Waals surface area contributed by atoms with E-state index >= 15 is 0 Å². The number of aliphatic carboxylic acids is 1. The average molecular weight is 302 g/mol. The largest absolute Gasteiger partial charge is 0.480 e. The van der Waals surface area contributed by atoms with Crippen LogP contribution in [0.1, 0.15) is 10.4 Å². The molecule has 0 aliphatic carbocycles. The summed E-state index contributed by atoms with van der Waals surface area (Å²) in [5, 5.41) is 11.2. The highest BCUT2D eigenvalue weighted by atomic mass is 35.5. The Balaban J connectivity index is 1.87. The van der Waals surface area contributed by atoms with Crippen molar-refractivity contribution in [3.05, 3.63) is 22.7 Å². The minimum atomic E-state index is -1.06. The zero-order chi connectivity index (χ0) is 14.5. The average Bonchev–Trinajstić information content (AvgIpc) is 2.86. The SMILES string of the molecule is O=C(O)COCCNC(=O)c1cc(Cl)c2c(c1)OCO2. The molecule has 1 aromatic carbocycles. The molecule has 108 valence electrons. The van der Waals surface area contributed by atoms with Crippen LogP contribution in [-0.4, -0.2) is 43.5 Å². The van der Waals surface area contributed by atoms with Crippen molar-refractivity contribution >= 4 is 23.5 Å². The van der Waals surface area contributed by atoms with Gasteiger partial charge in [-0.15, -0.1) is 0 Å². The Morgan fingerprint density at radius 3 is 2.95 bits per heavy atom. The number of carbonyl (C=O) groups is 2. The van der Waals surface area contributed by atoms with Crippen LogP contribution in [-0.2, 0) is 9.53 Å². The number of fused-ring (bicyclic) bond motifs is 1. The molecule has 2 rings (SSSR count). The van der Waals surface area contributed by atoms with Gasteiger partial charge in [0.2, 0.25) is 6.79 Å². The molecule has 1 aliphatic rings. The maximum atomic E-state index is 11.9. The molecule has 0 saturated heterocycles. The number of benzene rings is 1. The fourth-order valence-electron chi connectivity index (χ4n) is 1.60. The zero-order valence-electron chi connectivity index (χ0n) is 10.3. The van der Waals surface area contributed by atoms with Crippen LogP contribution >= 0.6 is 11.6 Å². The predicted molar refractivity (Wildman–Crippen MR) is 68.4 cm³/mol. The van der Waals surface area contributed by atoms with Crippen LogP contribution in [0, 0.1) is 0 Å². The van der Waals surface area contributed by atoms with Crippen LogP contribution < -0.4 is 14.8 Å². The smallest absolute Gasteiger partial charge is 0.329 e. The molecular formula is C12H12ClNO6. The van der Waals surface area contributed by atoms with Crippen molar-refractivity contribution < 1.29 is 28.9 Å². The van der Waals surface area contributed by atoms with Crippen LogP contribution in [0.4, 0.5) is 0 Å². The van der Waals surface area contributed by atoms with Gasteiger partial charge in [-0.25, -0.2) is 4.79 Å². The van der Waals surface area contributed by atoms with E-state index in [1.807, 2.05) is 0 Å². The third-order valence-electron chi connectivity index (χ3n) is 2.45. The maximum Gasteiger partial charge on any atom is 0.329 e. The second-order valence-corrected chi connectivity index (χ2v) is 4.30. The number of carboxylic acids is 1. The molecule has 7 nitrogen and oxygen atoms in total. The molecule has 1 aliphatic heterocycles. The summed E-state index contributed by atoms with van der Waals surface area (Å²) in [6.07, 6.45) is 0. The first-order valence-electron chi connectivity index (χ1n) is 5.75. The topological polar surface area (TPSA) is 94.1 Å². The molecule has 0 bridgehead atoms. The highest BCUT2D eigenvalue weighted by Gasteiger charge is 2.20. The van der Waals surface area contributed by atoms with E-state index in [1.165, 1.54) is 12.1 Å². The third kappa shape index (κ3) is 3.52. The van der Waals surface area contributed by atoms with E-state index in [0.717, 1.165) is 0 Å². The Kier molecular flexibility index (Phi) is 4.65. The lowest BCUT2D eigenvalue weighted by atomic mass is 10.2. The number of halogens is 1. The van der Waals surface area contributed by atoms with Gasteiger partial charge in [0.15, 0.2) is 11.5 Å². The minimum Gasteiger partial charge on any atom is -0.480 e. The van der Waals surface area contributed by atoms with Gasteiger partial charge in [-0.1, -0.05) is 11.6 Å². The summed E-state index contributed by atoms with van der Waals surface area (Å²) in [4.78, 5) is 22.1. The fraction of sp³-hybridized carbons (Fsp3) is 0.333. The first kappa shape index (κ1) is 14.4. The van der Waals surface area contributed by atoms with Crippen molar-refractivity contribution in [1.29, 1.82) is 0 Å². The summed E-state index contributed by atoms with van der Waals surface area (Å²) >= 11 is 5.96. The van der Waals surface area contributed by atoms with Crippen molar-refractivity contribution in [2.75, 3.05) is 26.6 Å². The Hall–Kier alpha value is -1.99. The minimum absolute atomic E-state index is 0.0726. The van der Waals surface area contributed by atoms with Crippen molar-refractivity contribution in [2.45, 2.75) is 0 Å². The molecule has 0 fully saturated rings. The highest BCUT2D eigenvalue weighted by Crippen LogP contribution is 2.39. The molecule has 0 unspecified atom stereocenters.